The van der Waals surface area contributed by atoms with Crippen molar-refractivity contribution in [1.29, 1.82) is 0 Å². The number of hydrogen-bond donors (Lipinski definition) is 4. The van der Waals surface area contributed by atoms with Gasteiger partial charge in [-0.1, -0.05) is 38.8 Å². The van der Waals surface area contributed by atoms with E-state index in [9.17, 15) is 45.1 Å². The smallest absolute Gasteiger partial charge is 0.390 e. The fourth-order valence-corrected chi connectivity index (χ4v) is 7.75. The first kappa shape index (κ1) is 40.1. The Morgan fingerprint density at radius 3 is 2.25 bits per heavy atom. The molecule has 0 bridgehead atoms. The number of carbonyl (C=O) groups is 2. The number of nitrogens with zero attached hydrogens (tertiary/aromatic N) is 1. The van der Waals surface area contributed by atoms with Gasteiger partial charge in [0.2, 0.25) is 10.0 Å². The zero-order chi connectivity index (χ0) is 38.7. The van der Waals surface area contributed by atoms with E-state index in [1.165, 1.54) is 18.2 Å². The molecule has 15 heteroatoms. The van der Waals surface area contributed by atoms with Crippen LogP contribution in [0.3, 0.4) is 0 Å². The standard InChI is InChI=1S/C38H45F5N4O5S/c1-4-7-29(8-5-2)47-14-11-30-31(20-28(46-53(3,51)52)21-32(30)36(47)50)35(49)45-33(17-23-15-26(39)19-27(40)16-23)34(48)22-44-37(12-13-37)24-9-6-10-25(18-24)38(41,42)43/h6,9-10,15-16,18-21,29,33-34,44,46,48H,4-5,7-8,11-14,17,22H2,1-3H3,(H,45,49)/t33-,34+/m0/s1. The van der Waals surface area contributed by atoms with Crippen molar-refractivity contribution in [3.8, 4) is 0 Å². The largest absolute Gasteiger partial charge is 0.416 e. The maximum absolute atomic E-state index is 14.2. The van der Waals surface area contributed by atoms with Gasteiger partial charge < -0.3 is 20.6 Å². The summed E-state index contributed by atoms with van der Waals surface area (Å²) in [5, 5.41) is 17.4. The van der Waals surface area contributed by atoms with Gasteiger partial charge in [0.25, 0.3) is 11.8 Å². The number of aliphatic hydroxyl groups excluding tert-OH is 1. The third-order valence-electron chi connectivity index (χ3n) is 9.88. The van der Waals surface area contributed by atoms with Gasteiger partial charge in [-0.2, -0.15) is 13.2 Å². The van der Waals surface area contributed by atoms with Gasteiger partial charge in [-0.05, 0) is 91.6 Å². The molecule has 2 aliphatic rings. The molecule has 0 unspecified atom stereocenters. The van der Waals surface area contributed by atoms with Crippen LogP contribution in [0.25, 0.3) is 0 Å². The average molecular weight is 765 g/mol. The van der Waals surface area contributed by atoms with Crippen LogP contribution in [0, 0.1) is 11.6 Å². The van der Waals surface area contributed by atoms with Crippen LogP contribution in [0.1, 0.15) is 95.3 Å². The van der Waals surface area contributed by atoms with E-state index in [2.05, 4.69) is 15.4 Å². The second-order valence-corrected chi connectivity index (χ2v) is 15.8. The predicted molar refractivity (Wildman–Crippen MR) is 191 cm³/mol. The van der Waals surface area contributed by atoms with E-state index in [-0.39, 0.29) is 53.7 Å². The molecule has 53 heavy (non-hydrogen) atoms. The van der Waals surface area contributed by atoms with Crippen LogP contribution in [-0.4, -0.2) is 67.8 Å². The van der Waals surface area contributed by atoms with Crippen LogP contribution in [0.2, 0.25) is 0 Å². The number of fused-ring (bicyclic) bond motifs is 1. The lowest BCUT2D eigenvalue weighted by molar-refractivity contribution is -0.137. The lowest BCUT2D eigenvalue weighted by Crippen LogP contribution is -2.50. The molecule has 3 aromatic carbocycles. The van der Waals surface area contributed by atoms with E-state index >= 15 is 0 Å². The minimum absolute atomic E-state index is 0.0117. The van der Waals surface area contributed by atoms with Crippen molar-refractivity contribution < 1.29 is 45.1 Å². The summed E-state index contributed by atoms with van der Waals surface area (Å²) >= 11 is 0. The maximum Gasteiger partial charge on any atom is 0.416 e. The molecule has 0 saturated heterocycles. The zero-order valence-corrected chi connectivity index (χ0v) is 30.6. The predicted octanol–water partition coefficient (Wildman–Crippen LogP) is 6.30. The molecule has 1 aliphatic heterocycles. The molecule has 5 rings (SSSR count). The molecule has 3 aromatic rings. The van der Waals surface area contributed by atoms with Crippen LogP contribution in [-0.2, 0) is 34.6 Å². The fraction of sp³-hybridized carbons (Fsp3) is 0.474. The molecule has 1 heterocycles. The monoisotopic (exact) mass is 764 g/mol. The van der Waals surface area contributed by atoms with Crippen molar-refractivity contribution in [1.82, 2.24) is 15.5 Å². The Morgan fingerprint density at radius 1 is 1.00 bits per heavy atom. The van der Waals surface area contributed by atoms with Crippen LogP contribution in [0.4, 0.5) is 27.6 Å². The van der Waals surface area contributed by atoms with Crippen molar-refractivity contribution in [2.45, 2.75) is 95.1 Å². The topological polar surface area (TPSA) is 128 Å². The van der Waals surface area contributed by atoms with E-state index in [1.54, 1.807) is 11.0 Å². The quantitative estimate of drug-likeness (QED) is 0.127. The molecule has 0 radical (unpaired) electrons. The number of anilines is 1. The summed E-state index contributed by atoms with van der Waals surface area (Å²) in [6, 6.07) is 9.17. The summed E-state index contributed by atoms with van der Waals surface area (Å²) < 4.78 is 95.7. The van der Waals surface area contributed by atoms with E-state index in [4.69, 9.17) is 0 Å². The fourth-order valence-electron chi connectivity index (χ4n) is 7.21. The summed E-state index contributed by atoms with van der Waals surface area (Å²) in [7, 11) is -3.83. The van der Waals surface area contributed by atoms with E-state index < -0.39 is 57.0 Å². The third-order valence-corrected chi connectivity index (χ3v) is 10.5. The number of nitrogens with one attached hydrogen (secondary N) is 3. The highest BCUT2D eigenvalue weighted by Gasteiger charge is 2.45. The number of hydrogen-bond acceptors (Lipinski definition) is 6. The number of rotatable bonds is 16. The van der Waals surface area contributed by atoms with Crippen molar-refractivity contribution in [2.24, 2.45) is 0 Å². The lowest BCUT2D eigenvalue weighted by Gasteiger charge is -2.36. The van der Waals surface area contributed by atoms with Crippen molar-refractivity contribution in [2.75, 3.05) is 24.1 Å². The SMILES string of the molecule is CCCC(CCC)N1CCc2c(C(=O)N[C@@H](Cc3cc(F)cc(F)c3)[C@H](O)CNC3(c4cccc(C(F)(F)F)c4)CC3)cc(NS(C)(=O)=O)cc2C1=O. The number of amides is 2. The van der Waals surface area contributed by atoms with Crippen molar-refractivity contribution in [3.05, 3.63) is 99.6 Å². The highest BCUT2D eigenvalue weighted by molar-refractivity contribution is 7.92. The highest BCUT2D eigenvalue weighted by Crippen LogP contribution is 2.46. The third kappa shape index (κ3) is 9.92. The number of carbonyl (C=O) groups excluding carboxylic acids is 2. The molecular formula is C38H45F5N4O5S. The number of alkyl halides is 3. The molecule has 1 aliphatic carbocycles. The zero-order valence-electron chi connectivity index (χ0n) is 29.8. The Morgan fingerprint density at radius 2 is 1.66 bits per heavy atom. The number of benzene rings is 3. The Bertz CT molecular complexity index is 1910. The first-order valence-corrected chi connectivity index (χ1v) is 19.6. The molecule has 9 nitrogen and oxygen atoms in total. The van der Waals surface area contributed by atoms with Crippen molar-refractivity contribution >= 4 is 27.5 Å². The van der Waals surface area contributed by atoms with Crippen LogP contribution in [0.5, 0.6) is 0 Å². The summed E-state index contributed by atoms with van der Waals surface area (Å²) in [5.74, 6) is -2.86. The van der Waals surface area contributed by atoms with Crippen LogP contribution < -0.4 is 15.4 Å². The second kappa shape index (κ2) is 16.1. The molecule has 0 aromatic heterocycles. The number of aliphatic hydroxyl groups is 1. The van der Waals surface area contributed by atoms with Gasteiger partial charge in [-0.25, -0.2) is 17.2 Å². The van der Waals surface area contributed by atoms with Gasteiger partial charge in [-0.3, -0.25) is 14.3 Å². The summed E-state index contributed by atoms with van der Waals surface area (Å²) in [4.78, 5) is 29.9. The van der Waals surface area contributed by atoms with Crippen LogP contribution in [0.15, 0.2) is 54.6 Å². The molecule has 1 saturated carbocycles. The maximum atomic E-state index is 14.2. The summed E-state index contributed by atoms with van der Waals surface area (Å²) in [6.07, 6.45) is -0.778. The first-order valence-electron chi connectivity index (χ1n) is 17.8. The Balaban J connectivity index is 1.46. The van der Waals surface area contributed by atoms with Gasteiger partial charge in [0.1, 0.15) is 11.6 Å². The molecule has 1 fully saturated rings. The minimum atomic E-state index is -4.55. The summed E-state index contributed by atoms with van der Waals surface area (Å²) in [6.45, 7) is 4.16. The number of sulfonamides is 1. The molecule has 0 spiro atoms. The normalized spacial score (nSPS) is 16.6. The second-order valence-electron chi connectivity index (χ2n) is 14.1. The Hall–Kier alpha value is -4.08. The van der Waals surface area contributed by atoms with Gasteiger partial charge in [-0.15, -0.1) is 0 Å². The molecule has 2 atom stereocenters. The van der Waals surface area contributed by atoms with Crippen molar-refractivity contribution in [3.63, 3.8) is 0 Å². The highest BCUT2D eigenvalue weighted by atomic mass is 32.2. The van der Waals surface area contributed by atoms with E-state index in [1.807, 2.05) is 13.8 Å². The van der Waals surface area contributed by atoms with Gasteiger partial charge >= 0.3 is 6.18 Å². The molecule has 2 amide bonds. The Kier molecular flexibility index (Phi) is 12.2. The van der Waals surface area contributed by atoms with Gasteiger partial charge in [0.05, 0.1) is 29.7 Å². The number of halogens is 5. The lowest BCUT2D eigenvalue weighted by atomic mass is 9.90. The van der Waals surface area contributed by atoms with E-state index in [0.717, 1.165) is 56.2 Å². The van der Waals surface area contributed by atoms with Gasteiger partial charge in [0, 0.05) is 41.9 Å². The van der Waals surface area contributed by atoms with Crippen LogP contribution >= 0.6 is 0 Å². The van der Waals surface area contributed by atoms with E-state index in [0.29, 0.717) is 36.6 Å². The average Bonchev–Trinajstić information content (AvgIpc) is 3.87. The molecule has 4 N–H and O–H groups in total. The minimum Gasteiger partial charge on any atom is -0.390 e. The molecule has 288 valence electrons. The Labute approximate surface area is 306 Å². The van der Waals surface area contributed by atoms with Gasteiger partial charge in [0.15, 0.2) is 0 Å². The first-order chi connectivity index (χ1) is 24.9. The molecular weight excluding hydrogens is 719 g/mol. The summed E-state index contributed by atoms with van der Waals surface area (Å²) in [5.41, 5.74) is -0.650.